The average Bonchev–Trinajstić information content (AvgIpc) is 2.90. The van der Waals surface area contributed by atoms with Crippen molar-refractivity contribution in [3.63, 3.8) is 0 Å². The number of aryl methyl sites for hydroxylation is 2. The van der Waals surface area contributed by atoms with Gasteiger partial charge in [-0.05, 0) is 55.6 Å². The smallest absolute Gasteiger partial charge is 0.165 e. The summed E-state index contributed by atoms with van der Waals surface area (Å²) in [5.74, 6) is 0.864. The second-order valence-corrected chi connectivity index (χ2v) is 7.31. The fourth-order valence-corrected chi connectivity index (χ4v) is 3.84. The lowest BCUT2D eigenvalue weighted by Crippen LogP contribution is -2.46. The molecule has 0 bridgehead atoms. The molecule has 1 aliphatic rings. The van der Waals surface area contributed by atoms with Crippen molar-refractivity contribution in [2.75, 3.05) is 13.6 Å². The molecule has 1 saturated heterocycles. The van der Waals surface area contributed by atoms with E-state index in [9.17, 15) is 5.11 Å². The van der Waals surface area contributed by atoms with Gasteiger partial charge in [-0.1, -0.05) is 48.9 Å². The summed E-state index contributed by atoms with van der Waals surface area (Å²) < 4.78 is 6.48. The predicted molar refractivity (Wildman–Crippen MR) is 102 cm³/mol. The maximum atomic E-state index is 10.1. The number of rotatable bonds is 6. The summed E-state index contributed by atoms with van der Waals surface area (Å²) in [5.41, 5.74) is 1.96. The Morgan fingerprint density at radius 2 is 1.96 bits per heavy atom. The van der Waals surface area contributed by atoms with Crippen molar-refractivity contribution in [2.45, 2.75) is 44.4 Å². The summed E-state index contributed by atoms with van der Waals surface area (Å²) in [6, 6.07) is 16.3. The van der Waals surface area contributed by atoms with Gasteiger partial charge < -0.3 is 9.84 Å². The zero-order valence-corrected chi connectivity index (χ0v) is 15.7. The number of benzene rings is 2. The lowest BCUT2D eigenvalue weighted by atomic mass is 10.0. The van der Waals surface area contributed by atoms with E-state index in [-0.39, 0.29) is 6.10 Å². The highest BCUT2D eigenvalue weighted by molar-refractivity contribution is 6.30. The molecule has 4 heteroatoms. The molecule has 0 radical (unpaired) electrons. The lowest BCUT2D eigenvalue weighted by Gasteiger charge is -2.36. The van der Waals surface area contributed by atoms with Gasteiger partial charge in [-0.3, -0.25) is 4.90 Å². The third kappa shape index (κ3) is 4.17. The Kier molecular flexibility index (Phi) is 5.67. The van der Waals surface area contributed by atoms with Gasteiger partial charge in [0.05, 0.1) is 6.10 Å². The van der Waals surface area contributed by atoms with Crippen molar-refractivity contribution in [3.05, 3.63) is 64.7 Å². The summed E-state index contributed by atoms with van der Waals surface area (Å²) in [4.78, 5) is 2.12. The van der Waals surface area contributed by atoms with Gasteiger partial charge in [-0.15, -0.1) is 0 Å². The molecule has 1 aliphatic heterocycles. The van der Waals surface area contributed by atoms with Gasteiger partial charge in [0.1, 0.15) is 5.75 Å². The van der Waals surface area contributed by atoms with Crippen LogP contribution in [-0.2, 0) is 12.8 Å². The number of aliphatic hydroxyl groups excluding tert-OH is 1. The largest absolute Gasteiger partial charge is 0.472 e. The topological polar surface area (TPSA) is 32.7 Å². The molecule has 1 N–H and O–H groups in total. The van der Waals surface area contributed by atoms with Gasteiger partial charge >= 0.3 is 0 Å². The normalized spacial score (nSPS) is 23.8. The van der Waals surface area contributed by atoms with E-state index in [0.29, 0.717) is 13.0 Å². The van der Waals surface area contributed by atoms with E-state index >= 15 is 0 Å². The van der Waals surface area contributed by atoms with Crippen LogP contribution < -0.4 is 4.74 Å². The molecule has 1 heterocycles. The van der Waals surface area contributed by atoms with Crippen LogP contribution in [0.2, 0.25) is 5.02 Å². The Bertz CT molecular complexity index is 706. The first-order valence-corrected chi connectivity index (χ1v) is 9.31. The standard InChI is InChI=1S/C21H26ClNO2/c1-3-21(14-19(24)15-23(21)2)25-20-12-11-18(22)13-17(20)10-9-16-7-5-4-6-8-16/h4-8,11-13,19,24H,3,9-10,14-15H2,1-2H3. The van der Waals surface area contributed by atoms with Gasteiger partial charge in [-0.2, -0.15) is 0 Å². The van der Waals surface area contributed by atoms with E-state index in [1.165, 1.54) is 5.56 Å². The first kappa shape index (κ1) is 18.2. The summed E-state index contributed by atoms with van der Waals surface area (Å²) in [7, 11) is 2.01. The Hall–Kier alpha value is -1.55. The molecule has 2 aromatic rings. The summed E-state index contributed by atoms with van der Waals surface area (Å²) in [5, 5.41) is 10.8. The fraction of sp³-hybridized carbons (Fsp3) is 0.429. The van der Waals surface area contributed by atoms with Crippen LogP contribution in [0.3, 0.4) is 0 Å². The van der Waals surface area contributed by atoms with Gasteiger partial charge in [0, 0.05) is 18.0 Å². The van der Waals surface area contributed by atoms with E-state index in [1.807, 2.05) is 31.3 Å². The summed E-state index contributed by atoms with van der Waals surface area (Å²) >= 11 is 6.23. The molecular weight excluding hydrogens is 334 g/mol. The van der Waals surface area contributed by atoms with Crippen molar-refractivity contribution in [3.8, 4) is 5.75 Å². The minimum absolute atomic E-state index is 0.343. The molecule has 0 saturated carbocycles. The highest BCUT2D eigenvalue weighted by atomic mass is 35.5. The van der Waals surface area contributed by atoms with E-state index < -0.39 is 5.72 Å². The van der Waals surface area contributed by atoms with Crippen LogP contribution in [0, 0.1) is 0 Å². The summed E-state index contributed by atoms with van der Waals surface area (Å²) in [6.07, 6.45) is 2.91. The molecule has 3 rings (SSSR count). The third-order valence-electron chi connectivity index (χ3n) is 5.14. The highest BCUT2D eigenvalue weighted by Gasteiger charge is 2.44. The van der Waals surface area contributed by atoms with Gasteiger partial charge in [0.25, 0.3) is 0 Å². The summed E-state index contributed by atoms with van der Waals surface area (Å²) in [6.45, 7) is 2.74. The number of halogens is 1. The number of nitrogens with zero attached hydrogens (tertiary/aromatic N) is 1. The molecule has 0 aromatic heterocycles. The van der Waals surface area contributed by atoms with Crippen LogP contribution in [0.25, 0.3) is 0 Å². The molecule has 3 nitrogen and oxygen atoms in total. The molecule has 2 aromatic carbocycles. The first-order chi connectivity index (χ1) is 12.0. The quantitative estimate of drug-likeness (QED) is 0.834. The number of likely N-dealkylation sites (N-methyl/N-ethyl adjacent to an activating group) is 1. The van der Waals surface area contributed by atoms with Crippen LogP contribution in [0.15, 0.2) is 48.5 Å². The second-order valence-electron chi connectivity index (χ2n) is 6.88. The van der Waals surface area contributed by atoms with Crippen molar-refractivity contribution in [1.29, 1.82) is 0 Å². The SMILES string of the molecule is CCC1(Oc2ccc(Cl)cc2CCc2ccccc2)CC(O)CN1C. The number of ether oxygens (including phenoxy) is 1. The van der Waals surface area contributed by atoms with E-state index in [1.54, 1.807) is 0 Å². The minimum atomic E-state index is -0.450. The van der Waals surface area contributed by atoms with Gasteiger partial charge in [0.2, 0.25) is 0 Å². The average molecular weight is 360 g/mol. The molecular formula is C21H26ClNO2. The van der Waals surface area contributed by atoms with Crippen molar-refractivity contribution in [1.82, 2.24) is 4.90 Å². The Morgan fingerprint density at radius 3 is 2.60 bits per heavy atom. The molecule has 0 aliphatic carbocycles. The molecule has 2 atom stereocenters. The van der Waals surface area contributed by atoms with Crippen molar-refractivity contribution < 1.29 is 9.84 Å². The minimum Gasteiger partial charge on any atom is -0.472 e. The van der Waals surface area contributed by atoms with Crippen LogP contribution in [0.1, 0.15) is 30.9 Å². The maximum absolute atomic E-state index is 10.1. The first-order valence-electron chi connectivity index (χ1n) is 8.93. The van der Waals surface area contributed by atoms with Crippen molar-refractivity contribution >= 4 is 11.6 Å². The fourth-order valence-electron chi connectivity index (χ4n) is 3.65. The van der Waals surface area contributed by atoms with E-state index in [2.05, 4.69) is 36.1 Å². The Labute approximate surface area is 155 Å². The molecule has 0 spiro atoms. The number of hydrogen-bond acceptors (Lipinski definition) is 3. The van der Waals surface area contributed by atoms with Crippen LogP contribution >= 0.6 is 11.6 Å². The van der Waals surface area contributed by atoms with Gasteiger partial charge in [-0.25, -0.2) is 0 Å². The van der Waals surface area contributed by atoms with E-state index in [4.69, 9.17) is 16.3 Å². The van der Waals surface area contributed by atoms with E-state index in [0.717, 1.165) is 35.6 Å². The number of hydrogen-bond donors (Lipinski definition) is 1. The second kappa shape index (κ2) is 7.77. The zero-order chi connectivity index (χ0) is 17.9. The maximum Gasteiger partial charge on any atom is 0.165 e. The number of aliphatic hydroxyl groups is 1. The molecule has 0 amide bonds. The van der Waals surface area contributed by atoms with Crippen molar-refractivity contribution in [2.24, 2.45) is 0 Å². The van der Waals surface area contributed by atoms with Crippen LogP contribution in [0.4, 0.5) is 0 Å². The number of likely N-dealkylation sites (tertiary alicyclic amines) is 1. The Morgan fingerprint density at radius 1 is 1.20 bits per heavy atom. The van der Waals surface area contributed by atoms with Gasteiger partial charge in [0.15, 0.2) is 5.72 Å². The zero-order valence-electron chi connectivity index (χ0n) is 14.9. The molecule has 25 heavy (non-hydrogen) atoms. The van der Waals surface area contributed by atoms with Crippen LogP contribution in [-0.4, -0.2) is 35.4 Å². The number of β-amino-alcohol motifs (C(OH)–C–C–N with tert-alkyl or cyclic N) is 1. The van der Waals surface area contributed by atoms with Crippen LogP contribution in [0.5, 0.6) is 5.75 Å². The molecule has 134 valence electrons. The third-order valence-corrected chi connectivity index (χ3v) is 5.37. The predicted octanol–water partition coefficient (Wildman–Crippen LogP) is 4.31. The molecule has 2 unspecified atom stereocenters. The monoisotopic (exact) mass is 359 g/mol. The Balaban J connectivity index is 1.81. The molecule has 1 fully saturated rings. The highest BCUT2D eigenvalue weighted by Crippen LogP contribution is 2.36. The lowest BCUT2D eigenvalue weighted by molar-refractivity contribution is -0.0471.